The van der Waals surface area contributed by atoms with Crippen LogP contribution in [0.15, 0.2) is 0 Å². The van der Waals surface area contributed by atoms with Gasteiger partial charge in [0.05, 0.1) is 0 Å². The highest BCUT2D eigenvalue weighted by molar-refractivity contribution is 5.00. The zero-order chi connectivity index (χ0) is 13.9. The summed E-state index contributed by atoms with van der Waals surface area (Å²) >= 11 is 0. The largest absolute Gasteiger partial charge is 0.384 e. The molecule has 0 bridgehead atoms. The average Bonchev–Trinajstić information content (AvgIpc) is 2.41. The number of piperidine rings is 1. The number of likely N-dealkylation sites (tertiary alicyclic amines) is 1. The monoisotopic (exact) mass is 268 g/mol. The van der Waals surface area contributed by atoms with Gasteiger partial charge in [0.15, 0.2) is 0 Å². The van der Waals surface area contributed by atoms with Gasteiger partial charge in [0.1, 0.15) is 0 Å². The SMILES string of the molecule is COCC1CCN(C2(CN)CCC(C)CC2C)CC1. The van der Waals surface area contributed by atoms with E-state index in [2.05, 4.69) is 18.7 Å². The topological polar surface area (TPSA) is 38.5 Å². The van der Waals surface area contributed by atoms with Gasteiger partial charge in [-0.25, -0.2) is 0 Å². The van der Waals surface area contributed by atoms with E-state index in [1.807, 2.05) is 7.11 Å². The molecular formula is C16H32N2O. The standard InChI is InChI=1S/C16H32N2O/c1-13-4-7-16(12-17,14(2)10-13)18-8-5-15(6-9-18)11-19-3/h13-15H,4-12,17H2,1-3H3. The van der Waals surface area contributed by atoms with Crippen LogP contribution in [-0.2, 0) is 4.74 Å². The minimum absolute atomic E-state index is 0.282. The van der Waals surface area contributed by atoms with Crippen molar-refractivity contribution in [2.75, 3.05) is 33.4 Å². The van der Waals surface area contributed by atoms with Crippen LogP contribution >= 0.6 is 0 Å². The van der Waals surface area contributed by atoms with Gasteiger partial charge in [-0.2, -0.15) is 0 Å². The summed E-state index contributed by atoms with van der Waals surface area (Å²) in [5, 5.41) is 0. The molecule has 1 aliphatic heterocycles. The molecule has 0 radical (unpaired) electrons. The number of hydrogen-bond acceptors (Lipinski definition) is 3. The van der Waals surface area contributed by atoms with Gasteiger partial charge in [-0.15, -0.1) is 0 Å². The number of hydrogen-bond donors (Lipinski definition) is 1. The second kappa shape index (κ2) is 6.55. The van der Waals surface area contributed by atoms with Gasteiger partial charge in [-0.3, -0.25) is 4.90 Å². The molecule has 0 aromatic heterocycles. The zero-order valence-electron chi connectivity index (χ0n) is 13.0. The summed E-state index contributed by atoms with van der Waals surface area (Å²) in [5.41, 5.74) is 6.51. The van der Waals surface area contributed by atoms with Crippen LogP contribution in [0.2, 0.25) is 0 Å². The second-order valence-corrected chi connectivity index (χ2v) is 6.97. The van der Waals surface area contributed by atoms with E-state index >= 15 is 0 Å². The fourth-order valence-corrected chi connectivity index (χ4v) is 4.37. The Morgan fingerprint density at radius 1 is 1.21 bits per heavy atom. The van der Waals surface area contributed by atoms with Crippen LogP contribution in [0, 0.1) is 17.8 Å². The first kappa shape index (κ1) is 15.3. The van der Waals surface area contributed by atoms with Crippen molar-refractivity contribution in [3.63, 3.8) is 0 Å². The van der Waals surface area contributed by atoms with Crippen molar-refractivity contribution >= 4 is 0 Å². The van der Waals surface area contributed by atoms with Gasteiger partial charge in [-0.05, 0) is 62.9 Å². The summed E-state index contributed by atoms with van der Waals surface area (Å²) in [7, 11) is 1.82. The summed E-state index contributed by atoms with van der Waals surface area (Å²) < 4.78 is 5.31. The van der Waals surface area contributed by atoms with Crippen LogP contribution in [0.1, 0.15) is 46.0 Å². The number of rotatable bonds is 4. The Morgan fingerprint density at radius 2 is 1.89 bits per heavy atom. The third-order valence-corrected chi connectivity index (χ3v) is 5.74. The third kappa shape index (κ3) is 3.14. The first-order valence-electron chi connectivity index (χ1n) is 8.06. The molecule has 1 aliphatic carbocycles. The lowest BCUT2D eigenvalue weighted by Crippen LogP contribution is -2.61. The van der Waals surface area contributed by atoms with Crippen molar-refractivity contribution in [1.82, 2.24) is 4.90 Å². The van der Waals surface area contributed by atoms with Crippen LogP contribution < -0.4 is 5.73 Å². The normalized spacial score (nSPS) is 38.5. The molecule has 1 heterocycles. The molecule has 3 nitrogen and oxygen atoms in total. The lowest BCUT2D eigenvalue weighted by molar-refractivity contribution is -0.0277. The smallest absolute Gasteiger partial charge is 0.0491 e. The molecule has 2 rings (SSSR count). The van der Waals surface area contributed by atoms with Crippen LogP contribution in [0.25, 0.3) is 0 Å². The molecule has 1 saturated heterocycles. The summed E-state index contributed by atoms with van der Waals surface area (Å²) in [6.07, 6.45) is 6.53. The van der Waals surface area contributed by atoms with Crippen LogP contribution in [0.5, 0.6) is 0 Å². The fourth-order valence-electron chi connectivity index (χ4n) is 4.37. The van der Waals surface area contributed by atoms with Crippen LogP contribution in [0.3, 0.4) is 0 Å². The first-order chi connectivity index (χ1) is 9.12. The lowest BCUT2D eigenvalue weighted by atomic mass is 9.68. The van der Waals surface area contributed by atoms with Crippen molar-refractivity contribution in [1.29, 1.82) is 0 Å². The molecule has 112 valence electrons. The number of nitrogens with zero attached hydrogens (tertiary/aromatic N) is 1. The molecule has 2 fully saturated rings. The first-order valence-corrected chi connectivity index (χ1v) is 8.06. The van der Waals surface area contributed by atoms with E-state index in [1.165, 1.54) is 45.2 Å². The molecule has 2 aliphatic rings. The van der Waals surface area contributed by atoms with Gasteiger partial charge in [0.25, 0.3) is 0 Å². The average molecular weight is 268 g/mol. The fraction of sp³-hybridized carbons (Fsp3) is 1.00. The van der Waals surface area contributed by atoms with E-state index < -0.39 is 0 Å². The van der Waals surface area contributed by atoms with Crippen molar-refractivity contribution in [2.24, 2.45) is 23.5 Å². The molecule has 2 N–H and O–H groups in total. The number of methoxy groups -OCH3 is 1. The minimum atomic E-state index is 0.282. The predicted molar refractivity (Wildman–Crippen MR) is 80.1 cm³/mol. The van der Waals surface area contributed by atoms with Crippen LogP contribution in [-0.4, -0.2) is 43.8 Å². The molecule has 0 spiro atoms. The Kier molecular flexibility index (Phi) is 5.27. The van der Waals surface area contributed by atoms with Gasteiger partial charge in [0, 0.05) is 25.8 Å². The van der Waals surface area contributed by atoms with Gasteiger partial charge < -0.3 is 10.5 Å². The van der Waals surface area contributed by atoms with Crippen LogP contribution in [0.4, 0.5) is 0 Å². The molecule has 19 heavy (non-hydrogen) atoms. The Hall–Kier alpha value is -0.120. The quantitative estimate of drug-likeness (QED) is 0.851. The highest BCUT2D eigenvalue weighted by Gasteiger charge is 2.44. The highest BCUT2D eigenvalue weighted by Crippen LogP contribution is 2.41. The second-order valence-electron chi connectivity index (χ2n) is 6.97. The van der Waals surface area contributed by atoms with Gasteiger partial charge in [0.2, 0.25) is 0 Å². The maximum atomic E-state index is 6.23. The Labute approximate surface area is 118 Å². The third-order valence-electron chi connectivity index (χ3n) is 5.74. The molecule has 0 amide bonds. The highest BCUT2D eigenvalue weighted by atomic mass is 16.5. The van der Waals surface area contributed by atoms with E-state index in [0.29, 0.717) is 0 Å². The van der Waals surface area contributed by atoms with Gasteiger partial charge in [-0.1, -0.05) is 13.8 Å². The number of ether oxygens (including phenoxy) is 1. The predicted octanol–water partition coefficient (Wildman–Crippen LogP) is 2.50. The van der Waals surface area contributed by atoms with E-state index in [-0.39, 0.29) is 5.54 Å². The maximum Gasteiger partial charge on any atom is 0.0491 e. The Balaban J connectivity index is 1.98. The van der Waals surface area contributed by atoms with Crippen molar-refractivity contribution < 1.29 is 4.74 Å². The Bertz CT molecular complexity index is 276. The van der Waals surface area contributed by atoms with Gasteiger partial charge >= 0.3 is 0 Å². The van der Waals surface area contributed by atoms with E-state index in [4.69, 9.17) is 10.5 Å². The summed E-state index contributed by atoms with van der Waals surface area (Å²) in [5.74, 6) is 2.37. The lowest BCUT2D eigenvalue weighted by Gasteiger charge is -2.53. The molecule has 0 aromatic rings. The van der Waals surface area contributed by atoms with E-state index in [0.717, 1.165) is 30.9 Å². The molecule has 3 atom stereocenters. The Morgan fingerprint density at radius 3 is 2.42 bits per heavy atom. The van der Waals surface area contributed by atoms with Crippen molar-refractivity contribution in [3.05, 3.63) is 0 Å². The zero-order valence-corrected chi connectivity index (χ0v) is 13.0. The maximum absolute atomic E-state index is 6.23. The summed E-state index contributed by atoms with van der Waals surface area (Å²) in [4.78, 5) is 2.72. The molecular weight excluding hydrogens is 236 g/mol. The summed E-state index contributed by atoms with van der Waals surface area (Å²) in [6.45, 7) is 8.99. The molecule has 3 heteroatoms. The molecule has 0 aromatic carbocycles. The molecule has 3 unspecified atom stereocenters. The summed E-state index contributed by atoms with van der Waals surface area (Å²) in [6, 6.07) is 0. The minimum Gasteiger partial charge on any atom is -0.384 e. The van der Waals surface area contributed by atoms with E-state index in [1.54, 1.807) is 0 Å². The number of nitrogens with two attached hydrogens (primary N) is 1. The van der Waals surface area contributed by atoms with Crippen molar-refractivity contribution in [2.45, 2.75) is 51.5 Å². The van der Waals surface area contributed by atoms with E-state index in [9.17, 15) is 0 Å². The molecule has 1 saturated carbocycles. The van der Waals surface area contributed by atoms with Crippen molar-refractivity contribution in [3.8, 4) is 0 Å².